The number of hydrogen-bond acceptors (Lipinski definition) is 2. The molecule has 0 saturated carbocycles. The maximum Gasteiger partial charge on any atom is 0.336 e. The molecule has 1 aromatic heterocycles. The van der Waals surface area contributed by atoms with Crippen molar-refractivity contribution in [1.29, 1.82) is 0 Å². The maximum atomic E-state index is 11.1. The van der Waals surface area contributed by atoms with Gasteiger partial charge in [-0.3, -0.25) is 0 Å². The summed E-state index contributed by atoms with van der Waals surface area (Å²) in [5, 5.41) is 9.11. The smallest absolute Gasteiger partial charge is 0.336 e. The van der Waals surface area contributed by atoms with Crippen LogP contribution in [0, 0.1) is 0 Å². The monoisotopic (exact) mass is 217 g/mol. The molecule has 0 fully saturated rings. The molecule has 2 rings (SSSR count). The van der Waals surface area contributed by atoms with E-state index in [0.29, 0.717) is 11.3 Å². The number of ether oxygens (including phenoxy) is 1. The molecule has 82 valence electrons. The summed E-state index contributed by atoms with van der Waals surface area (Å²) in [7, 11) is 1.51. The van der Waals surface area contributed by atoms with E-state index in [1.165, 1.54) is 13.2 Å². The fourth-order valence-corrected chi connectivity index (χ4v) is 1.56. The molecule has 2 N–H and O–H groups in total. The predicted molar refractivity (Wildman–Crippen MR) is 59.7 cm³/mol. The van der Waals surface area contributed by atoms with Crippen molar-refractivity contribution in [1.82, 2.24) is 4.98 Å². The van der Waals surface area contributed by atoms with Crippen LogP contribution in [0.5, 0.6) is 5.75 Å². The van der Waals surface area contributed by atoms with Crippen LogP contribution in [0.1, 0.15) is 10.4 Å². The maximum absolute atomic E-state index is 11.1. The highest BCUT2D eigenvalue weighted by atomic mass is 16.5. The van der Waals surface area contributed by atoms with Gasteiger partial charge in [0.1, 0.15) is 5.75 Å². The number of benzene rings is 1. The van der Waals surface area contributed by atoms with Crippen molar-refractivity contribution in [3.8, 4) is 17.0 Å². The summed E-state index contributed by atoms with van der Waals surface area (Å²) in [6.07, 6.45) is 1.76. The summed E-state index contributed by atoms with van der Waals surface area (Å²) in [6, 6.07) is 8.63. The number of H-pyrrole nitrogens is 1. The van der Waals surface area contributed by atoms with Crippen LogP contribution >= 0.6 is 0 Å². The van der Waals surface area contributed by atoms with Crippen LogP contribution in [0.2, 0.25) is 0 Å². The number of carboxylic acids is 1. The molecular formula is C12H11NO3. The van der Waals surface area contributed by atoms with Crippen LogP contribution in [-0.2, 0) is 0 Å². The second-order valence-corrected chi connectivity index (χ2v) is 3.30. The Kier molecular flexibility index (Phi) is 2.64. The summed E-state index contributed by atoms with van der Waals surface area (Å²) in [5.74, 6) is -0.434. The van der Waals surface area contributed by atoms with Gasteiger partial charge in [0, 0.05) is 17.5 Å². The van der Waals surface area contributed by atoms with Crippen LogP contribution in [0.25, 0.3) is 11.3 Å². The van der Waals surface area contributed by atoms with Crippen molar-refractivity contribution in [3.63, 3.8) is 0 Å². The van der Waals surface area contributed by atoms with Crippen molar-refractivity contribution >= 4 is 5.97 Å². The van der Waals surface area contributed by atoms with Crippen LogP contribution in [0.15, 0.2) is 36.5 Å². The van der Waals surface area contributed by atoms with Crippen LogP contribution in [-0.4, -0.2) is 23.2 Å². The molecule has 0 aliphatic carbocycles. The average Bonchev–Trinajstić information content (AvgIpc) is 2.81. The van der Waals surface area contributed by atoms with E-state index in [9.17, 15) is 4.79 Å². The Labute approximate surface area is 92.5 Å². The van der Waals surface area contributed by atoms with Crippen molar-refractivity contribution in [2.24, 2.45) is 0 Å². The zero-order valence-corrected chi connectivity index (χ0v) is 8.73. The SMILES string of the molecule is COc1ccc(-c2ccc[nH]2)c(C(=O)O)c1. The molecule has 0 bridgehead atoms. The minimum absolute atomic E-state index is 0.224. The molecular weight excluding hydrogens is 206 g/mol. The third-order valence-electron chi connectivity index (χ3n) is 2.35. The van der Waals surface area contributed by atoms with Gasteiger partial charge >= 0.3 is 5.97 Å². The first-order valence-electron chi connectivity index (χ1n) is 4.77. The molecule has 4 nitrogen and oxygen atoms in total. The minimum atomic E-state index is -0.969. The molecule has 0 unspecified atom stereocenters. The average molecular weight is 217 g/mol. The van der Waals surface area contributed by atoms with Crippen LogP contribution in [0.4, 0.5) is 0 Å². The Morgan fingerprint density at radius 3 is 2.75 bits per heavy atom. The Bertz CT molecular complexity index is 503. The zero-order valence-electron chi connectivity index (χ0n) is 8.73. The second-order valence-electron chi connectivity index (χ2n) is 3.30. The molecule has 1 heterocycles. The van der Waals surface area contributed by atoms with E-state index < -0.39 is 5.97 Å². The van der Waals surface area contributed by atoms with E-state index in [4.69, 9.17) is 9.84 Å². The molecule has 2 aromatic rings. The molecule has 0 saturated heterocycles. The summed E-state index contributed by atoms with van der Waals surface area (Å²) >= 11 is 0. The van der Waals surface area contributed by atoms with Gasteiger partial charge in [-0.2, -0.15) is 0 Å². The Morgan fingerprint density at radius 2 is 2.19 bits per heavy atom. The predicted octanol–water partition coefficient (Wildman–Crippen LogP) is 2.39. The number of carbonyl (C=O) groups is 1. The van der Waals surface area contributed by atoms with Gasteiger partial charge in [-0.1, -0.05) is 0 Å². The lowest BCUT2D eigenvalue weighted by Gasteiger charge is -2.06. The highest BCUT2D eigenvalue weighted by Crippen LogP contribution is 2.26. The number of hydrogen-bond donors (Lipinski definition) is 2. The quantitative estimate of drug-likeness (QED) is 0.829. The standard InChI is InChI=1S/C12H11NO3/c1-16-8-4-5-9(10(7-8)12(14)15)11-3-2-6-13-11/h2-7,13H,1H3,(H,14,15). The summed E-state index contributed by atoms with van der Waals surface area (Å²) < 4.78 is 5.00. The van der Waals surface area contributed by atoms with E-state index >= 15 is 0 Å². The van der Waals surface area contributed by atoms with Crippen molar-refractivity contribution < 1.29 is 14.6 Å². The first kappa shape index (κ1) is 10.3. The molecule has 0 aliphatic rings. The fourth-order valence-electron chi connectivity index (χ4n) is 1.56. The fraction of sp³-hybridized carbons (Fsp3) is 0.0833. The summed E-state index contributed by atoms with van der Waals surface area (Å²) in [5.41, 5.74) is 1.65. The van der Waals surface area contributed by atoms with E-state index in [1.807, 2.05) is 12.1 Å². The zero-order chi connectivity index (χ0) is 11.5. The lowest BCUT2D eigenvalue weighted by Crippen LogP contribution is -2.00. The van der Waals surface area contributed by atoms with E-state index in [-0.39, 0.29) is 5.56 Å². The number of aromatic amines is 1. The third-order valence-corrected chi connectivity index (χ3v) is 2.35. The van der Waals surface area contributed by atoms with E-state index in [1.54, 1.807) is 18.3 Å². The van der Waals surface area contributed by atoms with Crippen LogP contribution < -0.4 is 4.74 Å². The van der Waals surface area contributed by atoms with Crippen molar-refractivity contribution in [2.75, 3.05) is 7.11 Å². The highest BCUT2D eigenvalue weighted by Gasteiger charge is 2.13. The number of aromatic carboxylic acids is 1. The van der Waals surface area contributed by atoms with Gasteiger partial charge in [0.05, 0.1) is 12.7 Å². The van der Waals surface area contributed by atoms with Crippen molar-refractivity contribution in [3.05, 3.63) is 42.1 Å². The number of carboxylic acid groups (broad SMARTS) is 1. The van der Waals surface area contributed by atoms with Gasteiger partial charge in [-0.05, 0) is 30.3 Å². The normalized spacial score (nSPS) is 10.1. The molecule has 0 radical (unpaired) electrons. The Hall–Kier alpha value is -2.23. The minimum Gasteiger partial charge on any atom is -0.497 e. The first-order valence-corrected chi connectivity index (χ1v) is 4.77. The summed E-state index contributed by atoms with van der Waals surface area (Å²) in [4.78, 5) is 14.1. The van der Waals surface area contributed by atoms with Gasteiger partial charge in [0.15, 0.2) is 0 Å². The Morgan fingerprint density at radius 1 is 1.38 bits per heavy atom. The summed E-state index contributed by atoms with van der Waals surface area (Å²) in [6.45, 7) is 0. The molecule has 16 heavy (non-hydrogen) atoms. The number of aromatic nitrogens is 1. The number of nitrogens with one attached hydrogen (secondary N) is 1. The molecule has 0 aliphatic heterocycles. The third kappa shape index (κ3) is 1.77. The van der Waals surface area contributed by atoms with Crippen LogP contribution in [0.3, 0.4) is 0 Å². The lowest BCUT2D eigenvalue weighted by atomic mass is 10.0. The van der Waals surface area contributed by atoms with E-state index in [0.717, 1.165) is 5.69 Å². The van der Waals surface area contributed by atoms with Gasteiger partial charge < -0.3 is 14.8 Å². The topological polar surface area (TPSA) is 62.3 Å². The van der Waals surface area contributed by atoms with Crippen molar-refractivity contribution in [2.45, 2.75) is 0 Å². The van der Waals surface area contributed by atoms with E-state index in [2.05, 4.69) is 4.98 Å². The Balaban J connectivity index is 2.57. The first-order chi connectivity index (χ1) is 7.72. The molecule has 0 spiro atoms. The lowest BCUT2D eigenvalue weighted by molar-refractivity contribution is 0.0697. The molecule has 0 amide bonds. The highest BCUT2D eigenvalue weighted by molar-refractivity contribution is 5.96. The molecule has 4 heteroatoms. The number of rotatable bonds is 3. The number of methoxy groups -OCH3 is 1. The molecule has 0 atom stereocenters. The van der Waals surface area contributed by atoms with Gasteiger partial charge in [-0.25, -0.2) is 4.79 Å². The second kappa shape index (κ2) is 4.10. The van der Waals surface area contributed by atoms with Gasteiger partial charge in [0.25, 0.3) is 0 Å². The van der Waals surface area contributed by atoms with Gasteiger partial charge in [0.2, 0.25) is 0 Å². The molecule has 1 aromatic carbocycles. The van der Waals surface area contributed by atoms with Gasteiger partial charge in [-0.15, -0.1) is 0 Å². The largest absolute Gasteiger partial charge is 0.497 e.